The van der Waals surface area contributed by atoms with Gasteiger partial charge >= 0.3 is 0 Å². The second kappa shape index (κ2) is 7.32. The summed E-state index contributed by atoms with van der Waals surface area (Å²) in [5.41, 5.74) is 4.71. The molecule has 2 aliphatic rings. The van der Waals surface area contributed by atoms with Gasteiger partial charge in [0.05, 0.1) is 23.1 Å². The van der Waals surface area contributed by atoms with E-state index in [1.165, 1.54) is 4.90 Å². The number of carbonyl (C=O) groups is 3. The first kappa shape index (κ1) is 19.1. The van der Waals surface area contributed by atoms with Gasteiger partial charge in [-0.1, -0.05) is 29.8 Å². The number of benzene rings is 2. The molecule has 1 heterocycles. The zero-order valence-electron chi connectivity index (χ0n) is 16.9. The molecule has 1 N–H and O–H groups in total. The zero-order chi connectivity index (χ0) is 20.7. The van der Waals surface area contributed by atoms with Gasteiger partial charge < -0.3 is 5.32 Å². The summed E-state index contributed by atoms with van der Waals surface area (Å²) in [4.78, 5) is 40.3. The molecular weight excluding hydrogens is 364 g/mol. The molecule has 0 spiro atoms. The van der Waals surface area contributed by atoms with Crippen molar-refractivity contribution in [3.63, 3.8) is 0 Å². The third kappa shape index (κ3) is 3.37. The fraction of sp³-hybridized carbons (Fsp3) is 0.292. The number of aryl methyl sites for hydroxylation is 2. The Morgan fingerprint density at radius 2 is 1.69 bits per heavy atom. The van der Waals surface area contributed by atoms with Gasteiger partial charge in [0, 0.05) is 5.69 Å². The van der Waals surface area contributed by atoms with Crippen molar-refractivity contribution >= 4 is 29.1 Å². The Hall–Kier alpha value is -3.21. The van der Waals surface area contributed by atoms with E-state index < -0.39 is 0 Å². The monoisotopic (exact) mass is 388 g/mol. The number of anilines is 2. The number of hydrogen-bond donors (Lipinski definition) is 1. The molecule has 3 amide bonds. The van der Waals surface area contributed by atoms with Gasteiger partial charge in [-0.15, -0.1) is 0 Å². The van der Waals surface area contributed by atoms with Crippen LogP contribution >= 0.6 is 0 Å². The number of hydrogen-bond acceptors (Lipinski definition) is 3. The van der Waals surface area contributed by atoms with E-state index >= 15 is 0 Å². The smallest absolute Gasteiger partial charge is 0.257 e. The van der Waals surface area contributed by atoms with Crippen LogP contribution in [0.25, 0.3) is 0 Å². The van der Waals surface area contributed by atoms with Crippen LogP contribution in [0.4, 0.5) is 11.4 Å². The molecule has 148 valence electrons. The van der Waals surface area contributed by atoms with E-state index in [9.17, 15) is 14.4 Å². The molecule has 2 aromatic rings. The van der Waals surface area contributed by atoms with E-state index in [1.807, 2.05) is 45.0 Å². The number of amides is 3. The van der Waals surface area contributed by atoms with Gasteiger partial charge in [0.25, 0.3) is 5.91 Å². The minimum absolute atomic E-state index is 0.209. The van der Waals surface area contributed by atoms with Crippen molar-refractivity contribution in [2.75, 3.05) is 10.2 Å². The Morgan fingerprint density at radius 1 is 0.966 bits per heavy atom. The van der Waals surface area contributed by atoms with Crippen LogP contribution in [0.1, 0.15) is 41.3 Å². The van der Waals surface area contributed by atoms with E-state index in [1.54, 1.807) is 24.3 Å². The van der Waals surface area contributed by atoms with Crippen LogP contribution in [-0.4, -0.2) is 17.7 Å². The van der Waals surface area contributed by atoms with Crippen LogP contribution in [-0.2, 0) is 9.59 Å². The highest BCUT2D eigenvalue weighted by atomic mass is 16.2. The van der Waals surface area contributed by atoms with Crippen molar-refractivity contribution in [3.8, 4) is 0 Å². The molecule has 2 atom stereocenters. The van der Waals surface area contributed by atoms with Crippen molar-refractivity contribution in [2.45, 2.75) is 33.6 Å². The second-order valence-corrected chi connectivity index (χ2v) is 7.99. The summed E-state index contributed by atoms with van der Waals surface area (Å²) in [5, 5.41) is 2.89. The number of allylic oxidation sites excluding steroid dienone is 2. The number of nitrogens with one attached hydrogen (secondary N) is 1. The van der Waals surface area contributed by atoms with Gasteiger partial charge in [-0.05, 0) is 69.0 Å². The Morgan fingerprint density at radius 3 is 2.45 bits per heavy atom. The maximum Gasteiger partial charge on any atom is 0.257 e. The van der Waals surface area contributed by atoms with Gasteiger partial charge in [-0.2, -0.15) is 0 Å². The highest BCUT2D eigenvalue weighted by Crippen LogP contribution is 2.40. The van der Waals surface area contributed by atoms with Crippen molar-refractivity contribution in [1.29, 1.82) is 0 Å². The molecule has 4 rings (SSSR count). The number of imide groups is 1. The fourth-order valence-electron chi connectivity index (χ4n) is 4.15. The molecule has 0 saturated carbocycles. The van der Waals surface area contributed by atoms with Crippen molar-refractivity contribution in [1.82, 2.24) is 0 Å². The Labute approximate surface area is 170 Å². The molecule has 0 aromatic heterocycles. The van der Waals surface area contributed by atoms with Crippen molar-refractivity contribution in [2.24, 2.45) is 11.8 Å². The van der Waals surface area contributed by atoms with Gasteiger partial charge in [-0.25, -0.2) is 4.90 Å². The fourth-order valence-corrected chi connectivity index (χ4v) is 4.15. The summed E-state index contributed by atoms with van der Waals surface area (Å²) in [5.74, 6) is -1.42. The minimum Gasteiger partial charge on any atom is -0.322 e. The Balaban J connectivity index is 1.65. The second-order valence-electron chi connectivity index (χ2n) is 7.99. The molecule has 5 heteroatoms. The Bertz CT molecular complexity index is 1050. The zero-order valence-corrected chi connectivity index (χ0v) is 16.9. The van der Waals surface area contributed by atoms with Crippen molar-refractivity contribution in [3.05, 3.63) is 70.8 Å². The van der Waals surface area contributed by atoms with E-state index in [-0.39, 0.29) is 29.6 Å². The number of para-hydroxylation sites is 1. The molecule has 0 radical (unpaired) electrons. The van der Waals surface area contributed by atoms with Crippen LogP contribution in [0.15, 0.2) is 54.1 Å². The average molecular weight is 388 g/mol. The first-order valence-electron chi connectivity index (χ1n) is 9.88. The number of carbonyl (C=O) groups excluding carboxylic acids is 3. The molecule has 1 aliphatic carbocycles. The highest BCUT2D eigenvalue weighted by molar-refractivity contribution is 6.25. The first-order chi connectivity index (χ1) is 13.9. The lowest BCUT2D eigenvalue weighted by Crippen LogP contribution is -2.33. The topological polar surface area (TPSA) is 66.5 Å². The summed E-state index contributed by atoms with van der Waals surface area (Å²) in [6.45, 7) is 5.98. The molecule has 5 nitrogen and oxygen atoms in total. The maximum absolute atomic E-state index is 13.1. The molecule has 1 saturated heterocycles. The van der Waals surface area contributed by atoms with Gasteiger partial charge in [-0.3, -0.25) is 14.4 Å². The van der Waals surface area contributed by atoms with E-state index in [2.05, 4.69) is 5.32 Å². The van der Waals surface area contributed by atoms with Gasteiger partial charge in [0.1, 0.15) is 0 Å². The quantitative estimate of drug-likeness (QED) is 0.626. The standard InChI is InChI=1S/C24H24N2O3/c1-14-8-11-18-20(12-14)24(29)26(23(18)28)21-7-5-4-6-19(21)22(27)25-17-10-9-15(2)16(3)13-17/h4-10,13,18,20H,11-12H2,1-3H3,(H,25,27)/t18-,20-/m0/s1. The lowest BCUT2D eigenvalue weighted by atomic mass is 9.82. The summed E-state index contributed by atoms with van der Waals surface area (Å²) < 4.78 is 0. The number of nitrogens with zero attached hydrogens (tertiary/aromatic N) is 1. The third-order valence-electron chi connectivity index (χ3n) is 5.98. The molecule has 0 unspecified atom stereocenters. The van der Waals surface area contributed by atoms with Gasteiger partial charge in [0.15, 0.2) is 0 Å². The van der Waals surface area contributed by atoms with E-state index in [0.29, 0.717) is 29.8 Å². The van der Waals surface area contributed by atoms with Crippen LogP contribution in [0.3, 0.4) is 0 Å². The normalized spacial score (nSPS) is 21.1. The van der Waals surface area contributed by atoms with Crippen molar-refractivity contribution < 1.29 is 14.4 Å². The number of fused-ring (bicyclic) bond motifs is 1. The number of rotatable bonds is 3. The molecule has 2 aromatic carbocycles. The van der Waals surface area contributed by atoms with Crippen LogP contribution in [0.5, 0.6) is 0 Å². The maximum atomic E-state index is 13.1. The lowest BCUT2D eigenvalue weighted by Gasteiger charge is -2.19. The predicted octanol–water partition coefficient (Wildman–Crippen LogP) is 4.40. The summed E-state index contributed by atoms with van der Waals surface area (Å²) >= 11 is 0. The summed E-state index contributed by atoms with van der Waals surface area (Å²) in [7, 11) is 0. The largest absolute Gasteiger partial charge is 0.322 e. The molecule has 1 fully saturated rings. The minimum atomic E-state index is -0.339. The molecule has 29 heavy (non-hydrogen) atoms. The van der Waals surface area contributed by atoms with Gasteiger partial charge in [0.2, 0.25) is 11.8 Å². The van der Waals surface area contributed by atoms with E-state index in [0.717, 1.165) is 16.7 Å². The highest BCUT2D eigenvalue weighted by Gasteiger charge is 2.49. The third-order valence-corrected chi connectivity index (χ3v) is 5.98. The SMILES string of the molecule is CC1=CC[C@@H]2C(=O)N(c3ccccc3C(=O)Nc3ccc(C)c(C)c3)C(=O)[C@H]2C1. The summed E-state index contributed by atoms with van der Waals surface area (Å²) in [6, 6.07) is 12.5. The Kier molecular flexibility index (Phi) is 4.82. The average Bonchev–Trinajstić information content (AvgIpc) is 2.94. The predicted molar refractivity (Wildman–Crippen MR) is 113 cm³/mol. The van der Waals surface area contributed by atoms with E-state index in [4.69, 9.17) is 0 Å². The lowest BCUT2D eigenvalue weighted by molar-refractivity contribution is -0.122. The summed E-state index contributed by atoms with van der Waals surface area (Å²) in [6.07, 6.45) is 3.21. The molecular formula is C24H24N2O3. The van der Waals surface area contributed by atoms with Crippen LogP contribution in [0, 0.1) is 25.7 Å². The van der Waals surface area contributed by atoms with Crippen LogP contribution < -0.4 is 10.2 Å². The van der Waals surface area contributed by atoms with Crippen LogP contribution in [0.2, 0.25) is 0 Å². The molecule has 1 aliphatic heterocycles. The molecule has 0 bridgehead atoms. The first-order valence-corrected chi connectivity index (χ1v) is 9.88.